The molecule has 3 aromatic carbocycles. The molecule has 186 valence electrons. The predicted octanol–water partition coefficient (Wildman–Crippen LogP) is 4.97. The number of nitrogens with one attached hydrogen (secondary N) is 1. The van der Waals surface area contributed by atoms with Crippen molar-refractivity contribution in [2.75, 3.05) is 32.1 Å². The Morgan fingerprint density at radius 2 is 1.69 bits per heavy atom. The van der Waals surface area contributed by atoms with Crippen molar-refractivity contribution in [3.05, 3.63) is 84.7 Å². The van der Waals surface area contributed by atoms with Gasteiger partial charge in [0.1, 0.15) is 23.9 Å². The van der Waals surface area contributed by atoms with Crippen molar-refractivity contribution in [1.29, 1.82) is 0 Å². The third kappa shape index (κ3) is 5.69. The molecule has 0 spiro atoms. The fourth-order valence-electron chi connectivity index (χ4n) is 4.83. The maximum atomic E-state index is 12.6. The largest absolute Gasteiger partial charge is 0.495 e. The van der Waals surface area contributed by atoms with Gasteiger partial charge in [0.2, 0.25) is 5.91 Å². The number of fused-ring (bicyclic) bond motifs is 1. The number of imidazole rings is 1. The summed E-state index contributed by atoms with van der Waals surface area (Å²) in [4.78, 5) is 19.7. The maximum absolute atomic E-state index is 12.6. The van der Waals surface area contributed by atoms with E-state index in [-0.39, 0.29) is 5.91 Å². The minimum absolute atomic E-state index is 0.0149. The molecule has 7 heteroatoms. The SMILES string of the molecule is COc1ccccc1NC(=O)CN1CCC(Cn2c(COc3ccccc3)nc3ccccc32)CC1. The first-order chi connectivity index (χ1) is 17.7. The average Bonchev–Trinajstić information content (AvgIpc) is 3.26. The normalized spacial score (nSPS) is 14.6. The molecule has 1 aliphatic heterocycles. The fourth-order valence-corrected chi connectivity index (χ4v) is 4.83. The molecule has 0 radical (unpaired) electrons. The second kappa shape index (κ2) is 11.3. The Morgan fingerprint density at radius 1 is 0.972 bits per heavy atom. The second-order valence-corrected chi connectivity index (χ2v) is 9.20. The Labute approximate surface area is 211 Å². The van der Waals surface area contributed by atoms with E-state index in [1.165, 1.54) is 0 Å². The lowest BCUT2D eigenvalue weighted by atomic mass is 9.96. The number of para-hydroxylation sites is 5. The van der Waals surface area contributed by atoms with Crippen LogP contribution in [0.25, 0.3) is 11.0 Å². The van der Waals surface area contributed by atoms with Gasteiger partial charge in [-0.2, -0.15) is 0 Å². The highest BCUT2D eigenvalue weighted by atomic mass is 16.5. The van der Waals surface area contributed by atoms with Gasteiger partial charge < -0.3 is 19.4 Å². The van der Waals surface area contributed by atoms with Gasteiger partial charge in [0.25, 0.3) is 0 Å². The maximum Gasteiger partial charge on any atom is 0.238 e. The number of hydrogen-bond acceptors (Lipinski definition) is 5. The zero-order valence-electron chi connectivity index (χ0n) is 20.6. The highest BCUT2D eigenvalue weighted by Gasteiger charge is 2.23. The minimum Gasteiger partial charge on any atom is -0.495 e. The Bertz CT molecular complexity index is 1300. The van der Waals surface area contributed by atoms with Crippen LogP contribution in [0.15, 0.2) is 78.9 Å². The molecule has 1 saturated heterocycles. The average molecular weight is 485 g/mol. The fraction of sp³-hybridized carbons (Fsp3) is 0.310. The number of carbonyl (C=O) groups excluding carboxylic acids is 1. The molecule has 1 aliphatic rings. The summed E-state index contributed by atoms with van der Waals surface area (Å²) < 4.78 is 13.7. The number of carbonyl (C=O) groups is 1. The first-order valence-electron chi connectivity index (χ1n) is 12.5. The standard InChI is InChI=1S/C29H32N4O3/c1-35-27-14-8-6-12-25(27)31-29(34)20-32-17-15-22(16-18-32)19-33-26-13-7-5-11-24(26)30-28(33)21-36-23-9-3-2-4-10-23/h2-14,22H,15-21H2,1H3,(H,31,34). The number of rotatable bonds is 9. The van der Waals surface area contributed by atoms with E-state index in [0.717, 1.165) is 55.1 Å². The highest BCUT2D eigenvalue weighted by Crippen LogP contribution is 2.26. The summed E-state index contributed by atoms with van der Waals surface area (Å²) >= 11 is 0. The number of benzene rings is 3. The predicted molar refractivity (Wildman–Crippen MR) is 141 cm³/mol. The van der Waals surface area contributed by atoms with Crippen LogP contribution in [0.5, 0.6) is 11.5 Å². The van der Waals surface area contributed by atoms with Gasteiger partial charge in [-0.25, -0.2) is 4.98 Å². The quantitative estimate of drug-likeness (QED) is 0.363. The van der Waals surface area contributed by atoms with Crippen molar-refractivity contribution in [1.82, 2.24) is 14.5 Å². The highest BCUT2D eigenvalue weighted by molar-refractivity contribution is 5.93. The van der Waals surface area contributed by atoms with Crippen molar-refractivity contribution in [2.24, 2.45) is 5.92 Å². The number of piperidine rings is 1. The molecule has 4 aromatic rings. The molecular weight excluding hydrogens is 452 g/mol. The summed E-state index contributed by atoms with van der Waals surface area (Å²) in [5, 5.41) is 2.98. The van der Waals surface area contributed by atoms with Gasteiger partial charge >= 0.3 is 0 Å². The number of ether oxygens (including phenoxy) is 2. The number of likely N-dealkylation sites (tertiary alicyclic amines) is 1. The molecule has 0 unspecified atom stereocenters. The van der Waals surface area contributed by atoms with Crippen molar-refractivity contribution in [3.8, 4) is 11.5 Å². The van der Waals surface area contributed by atoms with Crippen LogP contribution in [0.2, 0.25) is 0 Å². The lowest BCUT2D eigenvalue weighted by Crippen LogP contribution is -2.40. The second-order valence-electron chi connectivity index (χ2n) is 9.20. The molecule has 0 bridgehead atoms. The zero-order valence-corrected chi connectivity index (χ0v) is 20.6. The van der Waals surface area contributed by atoms with E-state index in [4.69, 9.17) is 14.5 Å². The summed E-state index contributed by atoms with van der Waals surface area (Å²) in [5.74, 6) is 2.96. The molecule has 1 N–H and O–H groups in total. The van der Waals surface area contributed by atoms with Gasteiger partial charge in [0.15, 0.2) is 0 Å². The van der Waals surface area contributed by atoms with Crippen LogP contribution in [0.4, 0.5) is 5.69 Å². The summed E-state index contributed by atoms with van der Waals surface area (Å²) in [7, 11) is 1.61. The number of nitrogens with zero attached hydrogens (tertiary/aromatic N) is 3. The lowest BCUT2D eigenvalue weighted by molar-refractivity contribution is -0.117. The first kappa shape index (κ1) is 23.9. The van der Waals surface area contributed by atoms with E-state index in [1.54, 1.807) is 7.11 Å². The smallest absolute Gasteiger partial charge is 0.238 e. The number of amides is 1. The van der Waals surface area contributed by atoms with E-state index in [0.29, 0.717) is 30.5 Å². The van der Waals surface area contributed by atoms with E-state index in [2.05, 4.69) is 33.0 Å². The van der Waals surface area contributed by atoms with E-state index < -0.39 is 0 Å². The van der Waals surface area contributed by atoms with Crippen LogP contribution >= 0.6 is 0 Å². The molecule has 5 rings (SSSR count). The van der Waals surface area contributed by atoms with Crippen molar-refractivity contribution in [3.63, 3.8) is 0 Å². The molecular formula is C29H32N4O3. The van der Waals surface area contributed by atoms with Crippen molar-refractivity contribution in [2.45, 2.75) is 26.0 Å². The molecule has 0 saturated carbocycles. The van der Waals surface area contributed by atoms with Gasteiger partial charge in [0.05, 0.1) is 30.4 Å². The third-order valence-corrected chi connectivity index (χ3v) is 6.74. The summed E-state index contributed by atoms with van der Waals surface area (Å²) in [6, 6.07) is 25.6. The molecule has 36 heavy (non-hydrogen) atoms. The Morgan fingerprint density at radius 3 is 2.50 bits per heavy atom. The molecule has 0 aliphatic carbocycles. The molecule has 1 amide bonds. The number of methoxy groups -OCH3 is 1. The van der Waals surface area contributed by atoms with Crippen LogP contribution < -0.4 is 14.8 Å². The van der Waals surface area contributed by atoms with Gasteiger partial charge in [-0.05, 0) is 68.2 Å². The van der Waals surface area contributed by atoms with E-state index >= 15 is 0 Å². The van der Waals surface area contributed by atoms with Crippen molar-refractivity contribution < 1.29 is 14.3 Å². The summed E-state index contributed by atoms with van der Waals surface area (Å²) in [6.45, 7) is 3.50. The number of hydrogen-bond donors (Lipinski definition) is 1. The van der Waals surface area contributed by atoms with Gasteiger partial charge in [-0.1, -0.05) is 42.5 Å². The first-order valence-corrected chi connectivity index (χ1v) is 12.5. The molecule has 7 nitrogen and oxygen atoms in total. The Balaban J connectivity index is 1.19. The molecule has 0 atom stereocenters. The van der Waals surface area contributed by atoms with Crippen LogP contribution in [-0.2, 0) is 17.9 Å². The summed E-state index contributed by atoms with van der Waals surface area (Å²) in [6.07, 6.45) is 2.07. The molecule has 1 aromatic heterocycles. The zero-order chi connectivity index (χ0) is 24.7. The van der Waals surface area contributed by atoms with Gasteiger partial charge in [-0.3, -0.25) is 9.69 Å². The van der Waals surface area contributed by atoms with Crippen LogP contribution in [-0.4, -0.2) is 47.1 Å². The van der Waals surface area contributed by atoms with Crippen LogP contribution in [0.3, 0.4) is 0 Å². The summed E-state index contributed by atoms with van der Waals surface area (Å²) in [5.41, 5.74) is 2.84. The van der Waals surface area contributed by atoms with Crippen molar-refractivity contribution >= 4 is 22.6 Å². The van der Waals surface area contributed by atoms with Gasteiger partial charge in [-0.15, -0.1) is 0 Å². The third-order valence-electron chi connectivity index (χ3n) is 6.74. The minimum atomic E-state index is -0.0149. The lowest BCUT2D eigenvalue weighted by Gasteiger charge is -2.32. The number of aromatic nitrogens is 2. The monoisotopic (exact) mass is 484 g/mol. The van der Waals surface area contributed by atoms with E-state index in [9.17, 15) is 4.79 Å². The van der Waals surface area contributed by atoms with Crippen LogP contribution in [0.1, 0.15) is 18.7 Å². The Kier molecular flexibility index (Phi) is 7.47. The molecule has 1 fully saturated rings. The van der Waals surface area contributed by atoms with E-state index in [1.807, 2.05) is 60.7 Å². The molecule has 2 heterocycles. The van der Waals surface area contributed by atoms with Crippen LogP contribution in [0, 0.1) is 5.92 Å². The number of anilines is 1. The topological polar surface area (TPSA) is 68.6 Å². The van der Waals surface area contributed by atoms with Gasteiger partial charge in [0, 0.05) is 6.54 Å². The Hall–Kier alpha value is -3.84.